The van der Waals surface area contributed by atoms with E-state index in [0.29, 0.717) is 6.42 Å². The van der Waals surface area contributed by atoms with Crippen LogP contribution in [0.25, 0.3) is 0 Å². The molecule has 0 aromatic carbocycles. The molecule has 0 saturated heterocycles. The van der Waals surface area contributed by atoms with Gasteiger partial charge >= 0.3 is 11.9 Å². The molecule has 24 heavy (non-hydrogen) atoms. The second-order valence-electron chi connectivity index (χ2n) is 4.94. The third-order valence-electron chi connectivity index (χ3n) is 2.99. The van der Waals surface area contributed by atoms with E-state index in [2.05, 4.69) is 15.3 Å². The van der Waals surface area contributed by atoms with Crippen molar-refractivity contribution in [3.63, 3.8) is 0 Å². The van der Waals surface area contributed by atoms with Crippen molar-refractivity contribution in [3.8, 4) is 0 Å². The van der Waals surface area contributed by atoms with Crippen molar-refractivity contribution in [2.45, 2.75) is 26.7 Å². The van der Waals surface area contributed by atoms with E-state index < -0.39 is 17.9 Å². The highest BCUT2D eigenvalue weighted by Crippen LogP contribution is 2.28. The fourth-order valence-electron chi connectivity index (χ4n) is 2.05. The number of ether oxygens (including phenoxy) is 3. The second kappa shape index (κ2) is 7.64. The molecular formula is C13H19N5O6. The van der Waals surface area contributed by atoms with Crippen LogP contribution < -0.4 is 21.5 Å². The predicted octanol–water partition coefficient (Wildman–Crippen LogP) is -0.642. The largest absolute Gasteiger partial charge is 0.466 e. The summed E-state index contributed by atoms with van der Waals surface area (Å²) in [5.74, 6) is -0.791. The van der Waals surface area contributed by atoms with Gasteiger partial charge in [0, 0.05) is 20.3 Å². The predicted molar refractivity (Wildman–Crippen MR) is 83.0 cm³/mol. The number of aromatic nitrogens is 2. The van der Waals surface area contributed by atoms with Gasteiger partial charge in [-0.1, -0.05) is 0 Å². The van der Waals surface area contributed by atoms with Gasteiger partial charge in [0.15, 0.2) is 5.82 Å². The Morgan fingerprint density at radius 1 is 1.33 bits per heavy atom. The van der Waals surface area contributed by atoms with Gasteiger partial charge in [0.25, 0.3) is 12.0 Å². The Balaban J connectivity index is 2.06. The molecular weight excluding hydrogens is 322 g/mol. The monoisotopic (exact) mass is 341 g/mol. The van der Waals surface area contributed by atoms with Crippen LogP contribution in [0.2, 0.25) is 0 Å². The van der Waals surface area contributed by atoms with Gasteiger partial charge in [-0.3, -0.25) is 24.3 Å². The number of hydrogen-bond acceptors (Lipinski definition) is 10. The summed E-state index contributed by atoms with van der Waals surface area (Å²) in [7, 11) is 0. The van der Waals surface area contributed by atoms with E-state index in [9.17, 15) is 14.4 Å². The smallest absolute Gasteiger partial charge is 0.306 e. The molecule has 2 heterocycles. The molecule has 11 heteroatoms. The van der Waals surface area contributed by atoms with Crippen LogP contribution >= 0.6 is 0 Å². The first-order chi connectivity index (χ1) is 11.4. The zero-order valence-corrected chi connectivity index (χ0v) is 13.3. The van der Waals surface area contributed by atoms with E-state index in [1.54, 1.807) is 0 Å². The number of nitrogens with one attached hydrogen (secondary N) is 2. The number of nitrogens with two attached hydrogens (primary N) is 1. The number of esters is 2. The SMILES string of the molecule is CC(=O)OCCCOC(OC(C)=O)N1CNc2c1nc(N)[nH]c2=O. The summed E-state index contributed by atoms with van der Waals surface area (Å²) in [6.45, 7) is 3.04. The van der Waals surface area contributed by atoms with Gasteiger partial charge in [0.05, 0.1) is 19.9 Å². The molecule has 132 valence electrons. The Hall–Kier alpha value is -2.82. The minimum atomic E-state index is -1.10. The van der Waals surface area contributed by atoms with Crippen molar-refractivity contribution in [1.29, 1.82) is 0 Å². The molecule has 0 bridgehead atoms. The number of H-pyrrole nitrogens is 1. The van der Waals surface area contributed by atoms with Crippen molar-refractivity contribution in [3.05, 3.63) is 10.4 Å². The first-order valence-corrected chi connectivity index (χ1v) is 7.21. The second-order valence-corrected chi connectivity index (χ2v) is 4.94. The number of hydrogen-bond donors (Lipinski definition) is 3. The van der Waals surface area contributed by atoms with Crippen LogP contribution in [0.1, 0.15) is 20.3 Å². The molecule has 11 nitrogen and oxygen atoms in total. The lowest BCUT2D eigenvalue weighted by Gasteiger charge is -2.27. The van der Waals surface area contributed by atoms with E-state index in [0.717, 1.165) is 0 Å². The number of nitrogen functional groups attached to an aromatic ring is 1. The molecule has 1 unspecified atom stereocenters. The summed E-state index contributed by atoms with van der Waals surface area (Å²) in [5.41, 5.74) is 5.32. The number of aromatic amines is 1. The Morgan fingerprint density at radius 3 is 2.75 bits per heavy atom. The van der Waals surface area contributed by atoms with Crippen molar-refractivity contribution in [2.75, 3.05) is 35.8 Å². The minimum absolute atomic E-state index is 0.0658. The number of carbonyl (C=O) groups excluding carboxylic acids is 2. The zero-order valence-electron chi connectivity index (χ0n) is 13.3. The van der Waals surface area contributed by atoms with Gasteiger partial charge in [-0.25, -0.2) is 0 Å². The van der Waals surface area contributed by atoms with E-state index in [1.807, 2.05) is 0 Å². The maximum absolute atomic E-state index is 11.8. The van der Waals surface area contributed by atoms with Gasteiger partial charge in [-0.05, 0) is 0 Å². The van der Waals surface area contributed by atoms with Gasteiger partial charge in [0.2, 0.25) is 5.95 Å². The molecule has 1 atom stereocenters. The van der Waals surface area contributed by atoms with Crippen molar-refractivity contribution >= 4 is 29.4 Å². The third kappa shape index (κ3) is 4.35. The third-order valence-corrected chi connectivity index (χ3v) is 2.99. The van der Waals surface area contributed by atoms with Crippen LogP contribution in [-0.4, -0.2) is 48.2 Å². The topological polar surface area (TPSA) is 149 Å². The molecule has 0 amide bonds. The lowest BCUT2D eigenvalue weighted by Crippen LogP contribution is -2.41. The first kappa shape index (κ1) is 17.5. The number of nitrogens with zero attached hydrogens (tertiary/aromatic N) is 2. The van der Waals surface area contributed by atoms with Gasteiger partial charge in [0.1, 0.15) is 5.69 Å². The van der Waals surface area contributed by atoms with Gasteiger partial charge < -0.3 is 25.3 Å². The highest BCUT2D eigenvalue weighted by Gasteiger charge is 2.32. The van der Waals surface area contributed by atoms with Gasteiger partial charge in [-0.2, -0.15) is 4.98 Å². The molecule has 1 aromatic rings. The molecule has 1 aliphatic rings. The number of anilines is 3. The molecule has 0 aliphatic carbocycles. The van der Waals surface area contributed by atoms with E-state index in [-0.39, 0.29) is 43.3 Å². The highest BCUT2D eigenvalue weighted by atomic mass is 16.7. The lowest BCUT2D eigenvalue weighted by molar-refractivity contribution is -0.176. The number of fused-ring (bicyclic) bond motifs is 1. The Bertz CT molecular complexity index is 675. The van der Waals surface area contributed by atoms with Crippen LogP contribution in [0.15, 0.2) is 4.79 Å². The summed E-state index contributed by atoms with van der Waals surface area (Å²) in [5, 5.41) is 2.84. The summed E-state index contributed by atoms with van der Waals surface area (Å²) < 4.78 is 15.4. The van der Waals surface area contributed by atoms with Crippen molar-refractivity contribution in [1.82, 2.24) is 9.97 Å². The molecule has 0 spiro atoms. The number of carbonyl (C=O) groups is 2. The Morgan fingerprint density at radius 2 is 2.08 bits per heavy atom. The van der Waals surface area contributed by atoms with Crippen LogP contribution in [0.5, 0.6) is 0 Å². The molecule has 0 fully saturated rings. The molecule has 1 aliphatic heterocycles. The molecule has 2 rings (SSSR count). The maximum Gasteiger partial charge on any atom is 0.306 e. The minimum Gasteiger partial charge on any atom is -0.466 e. The van der Waals surface area contributed by atoms with Crippen LogP contribution in [-0.2, 0) is 23.8 Å². The summed E-state index contributed by atoms with van der Waals surface area (Å²) in [6.07, 6.45) is -0.682. The average Bonchev–Trinajstić information content (AvgIpc) is 2.88. The van der Waals surface area contributed by atoms with Crippen molar-refractivity contribution in [2.24, 2.45) is 0 Å². The fourth-order valence-corrected chi connectivity index (χ4v) is 2.05. The van der Waals surface area contributed by atoms with E-state index in [1.165, 1.54) is 18.7 Å². The molecule has 0 radical (unpaired) electrons. The Kier molecular flexibility index (Phi) is 5.58. The normalized spacial score (nSPS) is 13.8. The summed E-state index contributed by atoms with van der Waals surface area (Å²) in [6, 6.07) is 0. The van der Waals surface area contributed by atoms with Crippen LogP contribution in [0, 0.1) is 0 Å². The average molecular weight is 341 g/mol. The van der Waals surface area contributed by atoms with Crippen LogP contribution in [0.4, 0.5) is 17.5 Å². The van der Waals surface area contributed by atoms with Crippen molar-refractivity contribution < 1.29 is 23.8 Å². The van der Waals surface area contributed by atoms with E-state index in [4.69, 9.17) is 19.9 Å². The maximum atomic E-state index is 11.8. The Labute approximate surface area is 137 Å². The van der Waals surface area contributed by atoms with Gasteiger partial charge in [-0.15, -0.1) is 0 Å². The lowest BCUT2D eigenvalue weighted by atomic mass is 10.4. The summed E-state index contributed by atoms with van der Waals surface area (Å²) in [4.78, 5) is 41.7. The number of rotatable bonds is 7. The highest BCUT2D eigenvalue weighted by molar-refractivity contribution is 5.72. The first-order valence-electron chi connectivity index (χ1n) is 7.21. The molecule has 1 aromatic heterocycles. The summed E-state index contributed by atoms with van der Waals surface area (Å²) >= 11 is 0. The standard InChI is InChI=1S/C13H19N5O6/c1-7(19)22-4-3-5-23-13(24-8(2)20)18-6-15-9-10(18)16-12(14)17-11(9)21/h13,15H,3-6H2,1-2H3,(H3,14,16,17,21). The quantitative estimate of drug-likeness (QED) is 0.332. The zero-order chi connectivity index (χ0) is 17.7. The molecule has 4 N–H and O–H groups in total. The fraction of sp³-hybridized carbons (Fsp3) is 0.538. The van der Waals surface area contributed by atoms with Crippen LogP contribution in [0.3, 0.4) is 0 Å². The van der Waals surface area contributed by atoms with E-state index >= 15 is 0 Å². The molecule has 0 saturated carbocycles.